The molecule has 1 amide bonds. The maximum absolute atomic E-state index is 13.1. The van der Waals surface area contributed by atoms with E-state index in [1.807, 2.05) is 0 Å². The number of aromatic nitrogens is 2. The SMILES string of the molecule is CC(Sc1nc(C(F)(F)F)nc2ccccc12)C(=O)Nc1ccccc1C(F)(F)F. The van der Waals surface area contributed by atoms with Crippen LogP contribution < -0.4 is 5.32 Å². The minimum Gasteiger partial charge on any atom is -0.325 e. The van der Waals surface area contributed by atoms with Gasteiger partial charge >= 0.3 is 12.4 Å². The molecule has 0 spiro atoms. The molecule has 3 aromatic rings. The Morgan fingerprint density at radius 1 is 0.933 bits per heavy atom. The van der Waals surface area contributed by atoms with E-state index in [9.17, 15) is 31.1 Å². The van der Waals surface area contributed by atoms with Gasteiger partial charge in [0.2, 0.25) is 11.7 Å². The lowest BCUT2D eigenvalue weighted by Gasteiger charge is -2.17. The van der Waals surface area contributed by atoms with Crippen LogP contribution in [-0.2, 0) is 17.1 Å². The van der Waals surface area contributed by atoms with Gasteiger partial charge in [0.05, 0.1) is 22.0 Å². The summed E-state index contributed by atoms with van der Waals surface area (Å²) < 4.78 is 78.6. The number of halogens is 6. The minimum atomic E-state index is -4.80. The summed E-state index contributed by atoms with van der Waals surface area (Å²) in [5.41, 5.74) is -1.43. The molecule has 1 aromatic heterocycles. The fourth-order valence-corrected chi connectivity index (χ4v) is 3.50. The van der Waals surface area contributed by atoms with Crippen molar-refractivity contribution in [1.29, 1.82) is 0 Å². The van der Waals surface area contributed by atoms with Crippen LogP contribution in [0.4, 0.5) is 32.0 Å². The van der Waals surface area contributed by atoms with Crippen LogP contribution in [0.15, 0.2) is 53.6 Å². The number of carbonyl (C=O) groups is 1. The molecule has 30 heavy (non-hydrogen) atoms. The number of rotatable bonds is 4. The van der Waals surface area contributed by atoms with Crippen molar-refractivity contribution >= 4 is 34.3 Å². The largest absolute Gasteiger partial charge is 0.451 e. The summed E-state index contributed by atoms with van der Waals surface area (Å²) in [6.07, 6.45) is -9.47. The maximum Gasteiger partial charge on any atom is 0.451 e. The van der Waals surface area contributed by atoms with Gasteiger partial charge in [-0.05, 0) is 25.1 Å². The maximum atomic E-state index is 13.1. The molecule has 158 valence electrons. The fourth-order valence-electron chi connectivity index (χ4n) is 2.56. The second kappa shape index (κ2) is 8.13. The molecule has 4 nitrogen and oxygen atoms in total. The first-order chi connectivity index (χ1) is 14.0. The number of hydrogen-bond donors (Lipinski definition) is 1. The number of anilines is 1. The van der Waals surface area contributed by atoms with Gasteiger partial charge in [-0.15, -0.1) is 0 Å². The van der Waals surface area contributed by atoms with Crippen LogP contribution in [0.3, 0.4) is 0 Å². The third kappa shape index (κ3) is 4.84. The molecule has 0 aliphatic heterocycles. The van der Waals surface area contributed by atoms with Crippen LogP contribution in [0.25, 0.3) is 10.9 Å². The first-order valence-corrected chi connectivity index (χ1v) is 9.32. The topological polar surface area (TPSA) is 54.9 Å². The molecular weight excluding hydrogens is 432 g/mol. The Morgan fingerprint density at radius 2 is 1.57 bits per heavy atom. The lowest BCUT2D eigenvalue weighted by Crippen LogP contribution is -2.24. The molecule has 0 aliphatic carbocycles. The molecule has 0 bridgehead atoms. The van der Waals surface area contributed by atoms with Crippen molar-refractivity contribution in [3.8, 4) is 0 Å². The predicted octanol–water partition coefficient (Wildman–Crippen LogP) is 5.79. The van der Waals surface area contributed by atoms with E-state index in [4.69, 9.17) is 0 Å². The molecule has 1 heterocycles. The number of para-hydroxylation sites is 2. The summed E-state index contributed by atoms with van der Waals surface area (Å²) in [7, 11) is 0. The number of nitrogens with one attached hydrogen (secondary N) is 1. The van der Waals surface area contributed by atoms with Crippen LogP contribution in [0.2, 0.25) is 0 Å². The third-order valence-corrected chi connectivity index (χ3v) is 5.07. The summed E-state index contributed by atoms with van der Waals surface area (Å²) in [5.74, 6) is -2.17. The lowest BCUT2D eigenvalue weighted by molar-refractivity contribution is -0.145. The van der Waals surface area contributed by atoms with Gasteiger partial charge in [-0.2, -0.15) is 26.3 Å². The summed E-state index contributed by atoms with van der Waals surface area (Å²) in [6, 6.07) is 10.4. The van der Waals surface area contributed by atoms with Crippen LogP contribution in [0.1, 0.15) is 18.3 Å². The van der Waals surface area contributed by atoms with Crippen molar-refractivity contribution in [3.63, 3.8) is 0 Å². The van der Waals surface area contributed by atoms with Gasteiger partial charge in [0.25, 0.3) is 0 Å². The van der Waals surface area contributed by atoms with Crippen molar-refractivity contribution in [3.05, 3.63) is 59.9 Å². The number of hydrogen-bond acceptors (Lipinski definition) is 4. The summed E-state index contributed by atoms with van der Waals surface area (Å²) in [6.45, 7) is 1.36. The predicted molar refractivity (Wildman–Crippen MR) is 99.9 cm³/mol. The van der Waals surface area contributed by atoms with Gasteiger partial charge < -0.3 is 5.32 Å². The van der Waals surface area contributed by atoms with Gasteiger partial charge in [-0.1, -0.05) is 42.1 Å². The molecule has 1 N–H and O–H groups in total. The Hall–Kier alpha value is -2.82. The second-order valence-corrected chi connectivity index (χ2v) is 7.49. The highest BCUT2D eigenvalue weighted by Crippen LogP contribution is 2.36. The molecule has 0 fully saturated rings. The number of carbonyl (C=O) groups excluding carboxylic acids is 1. The minimum absolute atomic E-state index is 0.0392. The number of thioether (sulfide) groups is 1. The van der Waals surface area contributed by atoms with Gasteiger partial charge in [0.15, 0.2) is 0 Å². The van der Waals surface area contributed by atoms with Crippen molar-refractivity contribution in [2.24, 2.45) is 0 Å². The van der Waals surface area contributed by atoms with Gasteiger partial charge in [-0.3, -0.25) is 4.79 Å². The summed E-state index contributed by atoms with van der Waals surface area (Å²) in [4.78, 5) is 19.5. The monoisotopic (exact) mass is 445 g/mol. The van der Waals surface area contributed by atoms with E-state index < -0.39 is 40.6 Å². The second-order valence-electron chi connectivity index (χ2n) is 6.16. The van der Waals surface area contributed by atoms with Gasteiger partial charge in [0, 0.05) is 5.39 Å². The highest BCUT2D eigenvalue weighted by Gasteiger charge is 2.36. The van der Waals surface area contributed by atoms with Crippen molar-refractivity contribution < 1.29 is 31.1 Å². The lowest BCUT2D eigenvalue weighted by atomic mass is 10.1. The number of amides is 1. The quantitative estimate of drug-likeness (QED) is 0.314. The van der Waals surface area contributed by atoms with Crippen LogP contribution in [0.5, 0.6) is 0 Å². The van der Waals surface area contributed by atoms with Gasteiger partial charge in [0.1, 0.15) is 5.03 Å². The average Bonchev–Trinajstić information content (AvgIpc) is 2.66. The van der Waals surface area contributed by atoms with E-state index in [-0.39, 0.29) is 10.5 Å². The molecule has 1 atom stereocenters. The summed E-state index contributed by atoms with van der Waals surface area (Å²) >= 11 is 0.700. The number of nitrogens with zero attached hydrogens (tertiary/aromatic N) is 2. The Balaban J connectivity index is 1.89. The van der Waals surface area contributed by atoms with Crippen LogP contribution >= 0.6 is 11.8 Å². The van der Waals surface area contributed by atoms with E-state index in [0.29, 0.717) is 17.1 Å². The molecule has 1 unspecified atom stereocenters. The molecule has 11 heteroatoms. The van der Waals surface area contributed by atoms with Crippen LogP contribution in [0, 0.1) is 0 Å². The zero-order valence-corrected chi connectivity index (χ0v) is 16.0. The smallest absolute Gasteiger partial charge is 0.325 e. The normalized spacial score (nSPS) is 13.3. The van der Waals surface area contributed by atoms with E-state index in [1.54, 1.807) is 6.07 Å². The van der Waals surface area contributed by atoms with Crippen LogP contribution in [-0.4, -0.2) is 21.1 Å². The molecule has 2 aromatic carbocycles. The Kier molecular flexibility index (Phi) is 5.93. The van der Waals surface area contributed by atoms with Crippen molar-refractivity contribution in [2.75, 3.05) is 5.32 Å². The number of fused-ring (bicyclic) bond motifs is 1. The zero-order valence-electron chi connectivity index (χ0n) is 15.2. The molecule has 3 rings (SSSR count). The Labute approximate surface area is 170 Å². The number of benzene rings is 2. The molecular formula is C19H13F6N3OS. The Bertz CT molecular complexity index is 1080. The van der Waals surface area contributed by atoms with E-state index in [1.165, 1.54) is 37.3 Å². The standard InChI is InChI=1S/C19H13F6N3OS/c1-10(15(29)26-14-9-5-3-7-12(14)18(20,21)22)30-16-11-6-2-4-8-13(11)27-17(28-16)19(23,24)25/h2-10H,1H3,(H,26,29). The first kappa shape index (κ1) is 21.9. The highest BCUT2D eigenvalue weighted by atomic mass is 32.2. The van der Waals surface area contributed by atoms with Gasteiger partial charge in [-0.25, -0.2) is 9.97 Å². The molecule has 0 aliphatic rings. The molecule has 0 radical (unpaired) electrons. The van der Waals surface area contributed by atoms with E-state index in [2.05, 4.69) is 15.3 Å². The zero-order chi connectivity index (χ0) is 22.1. The van der Waals surface area contributed by atoms with E-state index >= 15 is 0 Å². The molecule has 0 saturated carbocycles. The third-order valence-electron chi connectivity index (χ3n) is 3.97. The van der Waals surface area contributed by atoms with Crippen molar-refractivity contribution in [1.82, 2.24) is 9.97 Å². The number of alkyl halides is 6. The molecule has 0 saturated heterocycles. The Morgan fingerprint density at radius 3 is 2.23 bits per heavy atom. The first-order valence-electron chi connectivity index (χ1n) is 8.44. The average molecular weight is 445 g/mol. The summed E-state index contributed by atoms with van der Waals surface area (Å²) in [5, 5.41) is 1.35. The fraction of sp³-hybridized carbons (Fsp3) is 0.211. The van der Waals surface area contributed by atoms with Crippen molar-refractivity contribution in [2.45, 2.75) is 29.6 Å². The highest BCUT2D eigenvalue weighted by molar-refractivity contribution is 8.00. The van der Waals surface area contributed by atoms with E-state index in [0.717, 1.165) is 12.1 Å².